The topological polar surface area (TPSA) is 68.3 Å². The molecule has 2 rings (SSSR count). The first-order valence-electron chi connectivity index (χ1n) is 6.19. The summed E-state index contributed by atoms with van der Waals surface area (Å²) in [6.45, 7) is 0. The van der Waals surface area contributed by atoms with Crippen molar-refractivity contribution < 1.29 is 19.2 Å². The lowest BCUT2D eigenvalue weighted by molar-refractivity contribution is 0.0817. The molecule has 0 aliphatic rings. The summed E-state index contributed by atoms with van der Waals surface area (Å²) < 4.78 is 0. The Labute approximate surface area is 146 Å². The Bertz CT molecular complexity index is 843. The van der Waals surface area contributed by atoms with Crippen LogP contribution in [0.25, 0.3) is 0 Å². The van der Waals surface area contributed by atoms with Gasteiger partial charge in [0.1, 0.15) is 0 Å². The normalized spacial score (nSPS) is 10.2. The number of halogens is 3. The fourth-order valence-electron chi connectivity index (χ4n) is 1.86. The van der Waals surface area contributed by atoms with Crippen molar-refractivity contribution in [3.05, 3.63) is 69.7 Å². The molecule has 0 N–H and O–H groups in total. The molecular formula is C16H7Cl3O4. The molecule has 2 aromatic carbocycles. The zero-order valence-electron chi connectivity index (χ0n) is 11.3. The van der Waals surface area contributed by atoms with Gasteiger partial charge in [-0.3, -0.25) is 19.2 Å². The van der Waals surface area contributed by atoms with E-state index < -0.39 is 22.1 Å². The summed E-state index contributed by atoms with van der Waals surface area (Å²) in [5.41, 5.74) is 0.144. The molecule has 116 valence electrons. The SMILES string of the molecule is O=C(Cl)c1cccc(C(=O)C(=O)c2ccc(C(=O)Cl)cc2Cl)c1. The van der Waals surface area contributed by atoms with Crippen LogP contribution in [0.4, 0.5) is 0 Å². The van der Waals surface area contributed by atoms with Crippen molar-refractivity contribution >= 4 is 56.9 Å². The van der Waals surface area contributed by atoms with Crippen LogP contribution in [-0.4, -0.2) is 22.1 Å². The molecule has 23 heavy (non-hydrogen) atoms. The van der Waals surface area contributed by atoms with E-state index in [1.54, 1.807) is 0 Å². The smallest absolute Gasteiger partial charge is 0.252 e. The molecule has 0 atom stereocenters. The molecule has 0 aliphatic carbocycles. The number of rotatable bonds is 5. The van der Waals surface area contributed by atoms with Crippen LogP contribution in [0.15, 0.2) is 42.5 Å². The first-order chi connectivity index (χ1) is 10.8. The predicted molar refractivity (Wildman–Crippen MR) is 86.9 cm³/mol. The molecule has 0 saturated carbocycles. The molecule has 7 heteroatoms. The van der Waals surface area contributed by atoms with E-state index in [9.17, 15) is 19.2 Å². The summed E-state index contributed by atoms with van der Waals surface area (Å²) >= 11 is 16.6. The van der Waals surface area contributed by atoms with E-state index in [1.807, 2.05) is 0 Å². The number of ketones is 2. The second-order valence-corrected chi connectivity index (χ2v) is 5.57. The van der Waals surface area contributed by atoms with Gasteiger partial charge in [-0.25, -0.2) is 0 Å². The van der Waals surface area contributed by atoms with Gasteiger partial charge in [0.2, 0.25) is 11.6 Å². The third kappa shape index (κ3) is 3.85. The van der Waals surface area contributed by atoms with Gasteiger partial charge < -0.3 is 0 Å². The standard InChI is InChI=1S/C16H7Cl3O4/c17-12-7-10(16(19)23)4-5-11(12)14(21)13(20)8-2-1-3-9(6-8)15(18)22/h1-7H. The number of hydrogen-bond donors (Lipinski definition) is 0. The number of Topliss-reactive ketones (excluding diaryl/α,β-unsaturated/α-hetero) is 2. The molecule has 0 unspecified atom stereocenters. The second kappa shape index (κ2) is 7.04. The van der Waals surface area contributed by atoms with Crippen molar-refractivity contribution in [3.63, 3.8) is 0 Å². The second-order valence-electron chi connectivity index (χ2n) is 4.48. The Balaban J connectivity index is 2.37. The molecule has 0 bridgehead atoms. The molecule has 0 saturated heterocycles. The van der Waals surface area contributed by atoms with E-state index in [0.29, 0.717) is 0 Å². The molecule has 0 heterocycles. The minimum atomic E-state index is -0.872. The molecule has 0 fully saturated rings. The van der Waals surface area contributed by atoms with Crippen LogP contribution in [0.1, 0.15) is 41.4 Å². The number of carbonyl (C=O) groups excluding carboxylic acids is 4. The maximum absolute atomic E-state index is 12.3. The van der Waals surface area contributed by atoms with Gasteiger partial charge in [-0.15, -0.1) is 0 Å². The Morgan fingerprint density at radius 3 is 1.83 bits per heavy atom. The van der Waals surface area contributed by atoms with Crippen molar-refractivity contribution in [1.29, 1.82) is 0 Å². The Kier molecular flexibility index (Phi) is 5.31. The Morgan fingerprint density at radius 1 is 0.696 bits per heavy atom. The largest absolute Gasteiger partial charge is 0.285 e. The van der Waals surface area contributed by atoms with E-state index in [0.717, 1.165) is 0 Å². The summed E-state index contributed by atoms with van der Waals surface area (Å²) in [4.78, 5) is 46.7. The van der Waals surface area contributed by atoms with Gasteiger partial charge in [-0.1, -0.05) is 29.8 Å². The van der Waals surface area contributed by atoms with Crippen molar-refractivity contribution in [2.75, 3.05) is 0 Å². The highest BCUT2D eigenvalue weighted by Gasteiger charge is 2.22. The molecule has 0 aromatic heterocycles. The Morgan fingerprint density at radius 2 is 1.26 bits per heavy atom. The molecule has 0 radical (unpaired) electrons. The molecule has 0 aliphatic heterocycles. The van der Waals surface area contributed by atoms with Gasteiger partial charge in [0.15, 0.2) is 0 Å². The highest BCUT2D eigenvalue weighted by molar-refractivity contribution is 6.68. The predicted octanol–water partition coefficient (Wildman–Crippen LogP) is 4.16. The lowest BCUT2D eigenvalue weighted by Gasteiger charge is -2.05. The third-order valence-electron chi connectivity index (χ3n) is 3.00. The van der Waals surface area contributed by atoms with E-state index in [4.69, 9.17) is 34.8 Å². The summed E-state index contributed by atoms with van der Waals surface area (Å²) in [7, 11) is 0. The van der Waals surface area contributed by atoms with Crippen LogP contribution in [0, 0.1) is 0 Å². The average molecular weight is 370 g/mol. The van der Waals surface area contributed by atoms with Crippen molar-refractivity contribution in [2.24, 2.45) is 0 Å². The summed E-state index contributed by atoms with van der Waals surface area (Å²) in [5, 5.41) is -1.54. The average Bonchev–Trinajstić information content (AvgIpc) is 2.53. The van der Waals surface area contributed by atoms with Gasteiger partial charge >= 0.3 is 0 Å². The summed E-state index contributed by atoms with van der Waals surface area (Å²) in [6.07, 6.45) is 0. The molecule has 0 amide bonds. The molecule has 2 aromatic rings. The van der Waals surface area contributed by atoms with Gasteiger partial charge in [0.05, 0.1) is 5.02 Å². The monoisotopic (exact) mass is 368 g/mol. The van der Waals surface area contributed by atoms with E-state index in [2.05, 4.69) is 0 Å². The van der Waals surface area contributed by atoms with Gasteiger partial charge in [-0.2, -0.15) is 0 Å². The number of benzene rings is 2. The van der Waals surface area contributed by atoms with E-state index in [1.165, 1.54) is 42.5 Å². The van der Waals surface area contributed by atoms with Crippen LogP contribution >= 0.6 is 34.8 Å². The minimum Gasteiger partial charge on any atom is -0.285 e. The zero-order valence-corrected chi connectivity index (χ0v) is 13.6. The van der Waals surface area contributed by atoms with E-state index in [-0.39, 0.29) is 27.3 Å². The van der Waals surface area contributed by atoms with Gasteiger partial charge in [0.25, 0.3) is 10.5 Å². The third-order valence-corrected chi connectivity index (χ3v) is 3.75. The number of hydrogen-bond acceptors (Lipinski definition) is 4. The fourth-order valence-corrected chi connectivity index (χ4v) is 2.36. The van der Waals surface area contributed by atoms with Crippen molar-refractivity contribution in [1.82, 2.24) is 0 Å². The minimum absolute atomic E-state index is 0.00932. The summed E-state index contributed by atoms with van der Waals surface area (Å²) in [6, 6.07) is 9.21. The van der Waals surface area contributed by atoms with Crippen molar-refractivity contribution in [3.8, 4) is 0 Å². The molecule has 0 spiro atoms. The highest BCUT2D eigenvalue weighted by atomic mass is 35.5. The fraction of sp³-hybridized carbons (Fsp3) is 0. The summed E-state index contributed by atoms with van der Waals surface area (Å²) in [5.74, 6) is -1.72. The van der Waals surface area contributed by atoms with Crippen LogP contribution < -0.4 is 0 Å². The maximum atomic E-state index is 12.3. The highest BCUT2D eigenvalue weighted by Crippen LogP contribution is 2.21. The molecular weight excluding hydrogens is 363 g/mol. The van der Waals surface area contributed by atoms with Crippen LogP contribution in [0.3, 0.4) is 0 Å². The van der Waals surface area contributed by atoms with Crippen LogP contribution in [0.5, 0.6) is 0 Å². The first-order valence-corrected chi connectivity index (χ1v) is 7.33. The zero-order chi connectivity index (χ0) is 17.1. The first kappa shape index (κ1) is 17.3. The van der Waals surface area contributed by atoms with Crippen molar-refractivity contribution in [2.45, 2.75) is 0 Å². The van der Waals surface area contributed by atoms with E-state index >= 15 is 0 Å². The van der Waals surface area contributed by atoms with Gasteiger partial charge in [0, 0.05) is 22.3 Å². The lowest BCUT2D eigenvalue weighted by Crippen LogP contribution is -2.15. The van der Waals surface area contributed by atoms with Crippen LogP contribution in [0.2, 0.25) is 5.02 Å². The van der Waals surface area contributed by atoms with Gasteiger partial charge in [-0.05, 0) is 47.5 Å². The lowest BCUT2D eigenvalue weighted by atomic mass is 9.99. The van der Waals surface area contributed by atoms with Crippen LogP contribution in [-0.2, 0) is 0 Å². The number of carbonyl (C=O) groups is 4. The quantitative estimate of drug-likeness (QED) is 0.451. The Hall–Kier alpha value is -2.01. The maximum Gasteiger partial charge on any atom is 0.252 e. The molecule has 4 nitrogen and oxygen atoms in total.